The van der Waals surface area contributed by atoms with Crippen LogP contribution in [0.15, 0.2) is 30.3 Å². The summed E-state index contributed by atoms with van der Waals surface area (Å²) in [5.41, 5.74) is -1.44. The van der Waals surface area contributed by atoms with Gasteiger partial charge in [0.2, 0.25) is 11.8 Å². The molecule has 4 rings (SSSR count). The number of benzene rings is 1. The van der Waals surface area contributed by atoms with Gasteiger partial charge >= 0.3 is 6.18 Å². The largest absolute Gasteiger partial charge is 0.404 e. The van der Waals surface area contributed by atoms with Crippen molar-refractivity contribution < 1.29 is 27.5 Å². The Morgan fingerprint density at radius 3 is 2.25 bits per heavy atom. The van der Waals surface area contributed by atoms with E-state index in [-0.39, 0.29) is 44.4 Å². The number of ether oxygens (including phenoxy) is 1. The first-order chi connectivity index (χ1) is 15.3. The third-order valence-electron chi connectivity index (χ3n) is 7.00. The third kappa shape index (κ3) is 4.64. The number of nitrogens with zero attached hydrogens (tertiary/aromatic N) is 3. The van der Waals surface area contributed by atoms with Gasteiger partial charge in [-0.25, -0.2) is 0 Å². The number of rotatable bonds is 4. The first-order valence-corrected chi connectivity index (χ1v) is 11.3. The quantitative estimate of drug-likeness (QED) is 0.703. The molecular formula is C23H30F3N3O3. The van der Waals surface area contributed by atoms with Gasteiger partial charge in [0, 0.05) is 45.2 Å². The minimum atomic E-state index is -4.62. The Labute approximate surface area is 186 Å². The molecule has 9 heteroatoms. The van der Waals surface area contributed by atoms with E-state index in [0.717, 1.165) is 5.56 Å². The van der Waals surface area contributed by atoms with Crippen LogP contribution in [-0.4, -0.2) is 85.2 Å². The van der Waals surface area contributed by atoms with Gasteiger partial charge < -0.3 is 14.5 Å². The van der Waals surface area contributed by atoms with Gasteiger partial charge in [0.1, 0.15) is 0 Å². The fraction of sp³-hybridized carbons (Fsp3) is 0.652. The number of carbonyl (C=O) groups is 2. The molecule has 1 aromatic rings. The Hall–Kier alpha value is -2.13. The van der Waals surface area contributed by atoms with Crippen molar-refractivity contribution in [3.63, 3.8) is 0 Å². The van der Waals surface area contributed by atoms with E-state index < -0.39 is 17.5 Å². The van der Waals surface area contributed by atoms with Crippen molar-refractivity contribution in [1.29, 1.82) is 0 Å². The smallest absolute Gasteiger partial charge is 0.378 e. The molecule has 176 valence electrons. The Kier molecular flexibility index (Phi) is 6.76. The second-order valence-corrected chi connectivity index (χ2v) is 9.03. The van der Waals surface area contributed by atoms with Crippen molar-refractivity contribution in [1.82, 2.24) is 14.7 Å². The fourth-order valence-electron chi connectivity index (χ4n) is 5.07. The Balaban J connectivity index is 1.39. The van der Waals surface area contributed by atoms with E-state index in [9.17, 15) is 22.8 Å². The molecule has 0 radical (unpaired) electrons. The van der Waals surface area contributed by atoms with Gasteiger partial charge in [0.05, 0.1) is 13.2 Å². The molecule has 1 aromatic carbocycles. The number of hydrogen-bond donors (Lipinski definition) is 0. The van der Waals surface area contributed by atoms with E-state index >= 15 is 0 Å². The molecule has 3 heterocycles. The first-order valence-electron chi connectivity index (χ1n) is 11.3. The van der Waals surface area contributed by atoms with E-state index in [1.807, 2.05) is 30.3 Å². The lowest BCUT2D eigenvalue weighted by molar-refractivity contribution is -0.224. The molecule has 3 saturated heterocycles. The van der Waals surface area contributed by atoms with Crippen LogP contribution in [0.4, 0.5) is 13.2 Å². The highest BCUT2D eigenvalue weighted by Crippen LogP contribution is 2.47. The molecule has 0 bridgehead atoms. The van der Waals surface area contributed by atoms with Crippen LogP contribution in [0, 0.1) is 11.3 Å². The third-order valence-corrected chi connectivity index (χ3v) is 7.00. The molecule has 0 aliphatic carbocycles. The summed E-state index contributed by atoms with van der Waals surface area (Å²) < 4.78 is 48.0. The van der Waals surface area contributed by atoms with Crippen LogP contribution in [-0.2, 0) is 20.9 Å². The van der Waals surface area contributed by atoms with Crippen molar-refractivity contribution in [3.8, 4) is 0 Å². The Morgan fingerprint density at radius 2 is 1.62 bits per heavy atom. The van der Waals surface area contributed by atoms with Crippen molar-refractivity contribution in [2.24, 2.45) is 11.3 Å². The molecule has 6 nitrogen and oxygen atoms in total. The highest BCUT2D eigenvalue weighted by atomic mass is 19.4. The number of halogens is 3. The number of amides is 2. The second-order valence-electron chi connectivity index (χ2n) is 9.03. The molecule has 3 aliphatic rings. The minimum absolute atomic E-state index is 0.0286. The van der Waals surface area contributed by atoms with Gasteiger partial charge in [0.15, 0.2) is 5.41 Å². The van der Waals surface area contributed by atoms with Crippen LogP contribution in [0.3, 0.4) is 0 Å². The van der Waals surface area contributed by atoms with Crippen molar-refractivity contribution in [2.45, 2.75) is 32.0 Å². The maximum atomic E-state index is 14.2. The second kappa shape index (κ2) is 9.39. The zero-order chi connectivity index (χ0) is 22.8. The summed E-state index contributed by atoms with van der Waals surface area (Å²) in [5, 5.41) is 0. The van der Waals surface area contributed by atoms with Crippen LogP contribution in [0.1, 0.15) is 24.8 Å². The van der Waals surface area contributed by atoms with Crippen LogP contribution in [0.25, 0.3) is 0 Å². The van der Waals surface area contributed by atoms with Crippen LogP contribution >= 0.6 is 0 Å². The SMILES string of the molecule is O=C(C1CCN(C(=O)C2(C(F)(F)F)CCN(Cc3ccccc3)C2)CC1)N1CCOCC1. The van der Waals surface area contributed by atoms with Crippen molar-refractivity contribution in [2.75, 3.05) is 52.5 Å². The highest BCUT2D eigenvalue weighted by Gasteiger charge is 2.64. The van der Waals surface area contributed by atoms with Gasteiger partial charge in [-0.1, -0.05) is 30.3 Å². The van der Waals surface area contributed by atoms with Gasteiger partial charge in [0.25, 0.3) is 0 Å². The maximum absolute atomic E-state index is 14.2. The lowest BCUT2D eigenvalue weighted by Crippen LogP contribution is -2.56. The van der Waals surface area contributed by atoms with E-state index in [2.05, 4.69) is 0 Å². The molecule has 32 heavy (non-hydrogen) atoms. The predicted octanol–water partition coefficient (Wildman–Crippen LogP) is 2.54. The van der Waals surface area contributed by atoms with Crippen LogP contribution in [0.5, 0.6) is 0 Å². The van der Waals surface area contributed by atoms with Gasteiger partial charge in [-0.15, -0.1) is 0 Å². The molecule has 0 N–H and O–H groups in total. The number of piperidine rings is 1. The molecule has 0 spiro atoms. The zero-order valence-electron chi connectivity index (χ0n) is 18.1. The predicted molar refractivity (Wildman–Crippen MR) is 112 cm³/mol. The van der Waals surface area contributed by atoms with E-state index in [4.69, 9.17) is 4.74 Å². The normalized spacial score (nSPS) is 25.8. The van der Waals surface area contributed by atoms with Gasteiger partial charge in [-0.2, -0.15) is 13.2 Å². The molecular weight excluding hydrogens is 423 g/mol. The number of carbonyl (C=O) groups excluding carboxylic acids is 2. The molecule has 1 atom stereocenters. The van der Waals surface area contributed by atoms with Crippen LogP contribution in [0.2, 0.25) is 0 Å². The lowest BCUT2D eigenvalue weighted by Gasteiger charge is -2.40. The topological polar surface area (TPSA) is 53.1 Å². The monoisotopic (exact) mass is 453 g/mol. The summed E-state index contributed by atoms with van der Waals surface area (Å²) in [6.45, 7) is 2.80. The van der Waals surface area contributed by atoms with Crippen molar-refractivity contribution in [3.05, 3.63) is 35.9 Å². The molecule has 2 amide bonds. The van der Waals surface area contributed by atoms with Crippen LogP contribution < -0.4 is 0 Å². The molecule has 0 aromatic heterocycles. The number of likely N-dealkylation sites (tertiary alicyclic amines) is 2. The standard InChI is InChI=1S/C23H30F3N3O3/c24-23(25,26)22(8-11-27(17-22)16-18-4-2-1-3-5-18)21(31)29-9-6-19(7-10-29)20(30)28-12-14-32-15-13-28/h1-5,19H,6-17H2. The van der Waals surface area contributed by atoms with Crippen molar-refractivity contribution >= 4 is 11.8 Å². The molecule has 3 aliphatic heterocycles. The number of hydrogen-bond acceptors (Lipinski definition) is 4. The summed E-state index contributed by atoms with van der Waals surface area (Å²) in [6, 6.07) is 9.34. The fourth-order valence-corrected chi connectivity index (χ4v) is 5.07. The summed E-state index contributed by atoms with van der Waals surface area (Å²) in [7, 11) is 0. The molecule has 3 fully saturated rings. The maximum Gasteiger partial charge on any atom is 0.404 e. The highest BCUT2D eigenvalue weighted by molar-refractivity contribution is 5.85. The summed E-state index contributed by atoms with van der Waals surface area (Å²) >= 11 is 0. The van der Waals surface area contributed by atoms with Gasteiger partial charge in [-0.3, -0.25) is 14.5 Å². The zero-order valence-corrected chi connectivity index (χ0v) is 18.1. The average Bonchev–Trinajstić information content (AvgIpc) is 3.25. The molecule has 0 saturated carbocycles. The lowest BCUT2D eigenvalue weighted by atomic mass is 9.83. The van der Waals surface area contributed by atoms with E-state index in [0.29, 0.717) is 45.7 Å². The number of morpholine rings is 1. The van der Waals surface area contributed by atoms with E-state index in [1.54, 1.807) is 9.80 Å². The Morgan fingerprint density at radius 1 is 0.969 bits per heavy atom. The minimum Gasteiger partial charge on any atom is -0.378 e. The summed E-state index contributed by atoms with van der Waals surface area (Å²) in [5.74, 6) is -1.05. The number of alkyl halides is 3. The average molecular weight is 454 g/mol. The molecule has 1 unspecified atom stereocenters. The first kappa shape index (κ1) is 23.0. The van der Waals surface area contributed by atoms with Gasteiger partial charge in [-0.05, 0) is 31.4 Å². The van der Waals surface area contributed by atoms with E-state index in [1.165, 1.54) is 4.90 Å². The Bertz CT molecular complexity index is 806. The summed E-state index contributed by atoms with van der Waals surface area (Å²) in [6.07, 6.45) is -4.03. The summed E-state index contributed by atoms with van der Waals surface area (Å²) in [4.78, 5) is 30.7.